The maximum absolute atomic E-state index is 5.98. The maximum atomic E-state index is 5.98. The summed E-state index contributed by atoms with van der Waals surface area (Å²) in [4.78, 5) is 0. The molecule has 0 radical (unpaired) electrons. The highest BCUT2D eigenvalue weighted by molar-refractivity contribution is 7.33. The summed E-state index contributed by atoms with van der Waals surface area (Å²) >= 11 is -1.77. The zero-order valence-electron chi connectivity index (χ0n) is 12.7. The number of halogens is 2. The minimum atomic E-state index is -1.77. The highest BCUT2D eigenvalue weighted by atomic mass is 35.7. The molecule has 106 valence electrons. The predicted molar refractivity (Wildman–Crippen MR) is 86.8 cm³/mol. The van der Waals surface area contributed by atoms with E-state index < -0.39 is 12.3 Å². The molecule has 0 aromatic heterocycles. The van der Waals surface area contributed by atoms with E-state index in [1.54, 1.807) is 0 Å². The second-order valence-corrected chi connectivity index (χ2v) is 11.8. The maximum Gasteiger partial charge on any atom is 0.558 e. The third kappa shape index (κ3) is 4.87. The highest BCUT2D eigenvalue weighted by Gasteiger charge is 2.27. The van der Waals surface area contributed by atoms with Crippen LogP contribution in [0.4, 0.5) is 0 Å². The first-order chi connectivity index (χ1) is 8.53. The van der Waals surface area contributed by atoms with E-state index in [4.69, 9.17) is 24.8 Å². The zero-order valence-corrected chi connectivity index (χ0v) is 15.3. The van der Waals surface area contributed by atoms with Crippen LogP contribution in [0.15, 0.2) is 18.2 Å². The van der Waals surface area contributed by atoms with Crippen LogP contribution in [0.1, 0.15) is 52.7 Å². The fraction of sp³-hybridized carbons (Fsp3) is 0.600. The smallest absolute Gasteiger partial charge is 0.504 e. The zero-order chi connectivity index (χ0) is 14.8. The minimum Gasteiger partial charge on any atom is -0.504 e. The Hall–Kier alpha value is 0.132. The second-order valence-electron chi connectivity index (χ2n) is 6.88. The quantitative estimate of drug-likeness (QED) is 0.699. The Balaban J connectivity index is 3.33. The molecule has 0 saturated heterocycles. The van der Waals surface area contributed by atoms with Gasteiger partial charge in [0.25, 0.3) is 0 Å². The van der Waals surface area contributed by atoms with Crippen molar-refractivity contribution in [3.05, 3.63) is 29.3 Å². The molecule has 1 rings (SSSR count). The number of ether oxygens (including phenoxy) is 1. The van der Waals surface area contributed by atoms with Gasteiger partial charge in [-0.05, 0) is 22.0 Å². The van der Waals surface area contributed by atoms with E-state index in [2.05, 4.69) is 59.7 Å². The number of hydrogen-bond donors (Lipinski definition) is 0. The Morgan fingerprint density at radius 2 is 1.37 bits per heavy atom. The first-order valence-electron chi connectivity index (χ1n) is 6.58. The van der Waals surface area contributed by atoms with Crippen molar-refractivity contribution in [1.82, 2.24) is 0 Å². The van der Waals surface area contributed by atoms with Crippen LogP contribution >= 0.6 is 20.1 Å². The topological polar surface area (TPSA) is 9.23 Å². The first kappa shape index (κ1) is 17.2. The summed E-state index contributed by atoms with van der Waals surface area (Å²) in [5.41, 5.74) is 2.93. The lowest BCUT2D eigenvalue weighted by Gasteiger charge is -2.29. The summed E-state index contributed by atoms with van der Waals surface area (Å²) in [6.07, 6.45) is 0. The van der Waals surface area contributed by atoms with E-state index >= 15 is 0 Å². The lowest BCUT2D eigenvalue weighted by molar-refractivity contribution is 0.357. The van der Waals surface area contributed by atoms with Gasteiger partial charge in [0.05, 0.1) is 5.47 Å². The summed E-state index contributed by atoms with van der Waals surface area (Å²) in [6, 6.07) is 6.36. The van der Waals surface area contributed by atoms with E-state index in [-0.39, 0.29) is 10.8 Å². The molecule has 0 aliphatic heterocycles. The number of hydrogen-bond acceptors (Lipinski definition) is 1. The van der Waals surface area contributed by atoms with Crippen LogP contribution in [-0.2, 0) is 10.8 Å². The Morgan fingerprint density at radius 1 is 0.947 bits per heavy atom. The molecule has 0 bridgehead atoms. The van der Waals surface area contributed by atoms with Crippen LogP contribution in [-0.4, -0.2) is 17.8 Å². The number of benzene rings is 1. The number of para-hydroxylation sites is 1. The molecule has 19 heavy (non-hydrogen) atoms. The van der Waals surface area contributed by atoms with E-state index in [1.807, 2.05) is 0 Å². The Kier molecular flexibility index (Phi) is 5.67. The highest BCUT2D eigenvalue weighted by Crippen LogP contribution is 2.39. The largest absolute Gasteiger partial charge is 0.558 e. The lowest BCUT2D eigenvalue weighted by Crippen LogP contribution is -2.21. The monoisotopic (exact) mass is 316 g/mol. The van der Waals surface area contributed by atoms with Gasteiger partial charge in [0, 0.05) is 0 Å². The fourth-order valence-corrected chi connectivity index (χ4v) is 2.69. The van der Waals surface area contributed by atoms with Crippen LogP contribution in [0.3, 0.4) is 0 Å². The molecule has 0 spiro atoms. The molecule has 0 amide bonds. The molecule has 0 N–H and O–H groups in total. The van der Waals surface area contributed by atoms with Crippen LogP contribution in [0.2, 0.25) is 0 Å². The van der Waals surface area contributed by atoms with Crippen molar-refractivity contribution in [2.45, 2.75) is 52.4 Å². The molecule has 1 aromatic rings. The molecule has 0 unspecified atom stereocenters. The summed E-state index contributed by atoms with van der Waals surface area (Å²) < 4.78 is 5.98. The molecule has 0 aliphatic rings. The van der Waals surface area contributed by atoms with Gasteiger partial charge in [-0.1, -0.05) is 59.7 Å². The van der Waals surface area contributed by atoms with Gasteiger partial charge in [0.15, 0.2) is 0 Å². The average Bonchev–Trinajstić information content (AvgIpc) is 2.23. The van der Waals surface area contributed by atoms with Crippen molar-refractivity contribution >= 4 is 32.4 Å². The third-order valence-corrected chi connectivity index (χ3v) is 4.16. The Bertz CT molecular complexity index is 399. The van der Waals surface area contributed by atoms with Gasteiger partial charge < -0.3 is 4.74 Å². The predicted octanol–water partition coefficient (Wildman–Crippen LogP) is 5.17. The van der Waals surface area contributed by atoms with Crippen molar-refractivity contribution in [2.75, 3.05) is 5.47 Å². The molecule has 0 atom stereocenters. The van der Waals surface area contributed by atoms with Crippen molar-refractivity contribution in [3.63, 3.8) is 0 Å². The summed E-state index contributed by atoms with van der Waals surface area (Å²) in [7, 11) is 11.9. The average molecular weight is 317 g/mol. The van der Waals surface area contributed by atoms with E-state index in [0.717, 1.165) is 5.75 Å². The van der Waals surface area contributed by atoms with Crippen molar-refractivity contribution in [2.24, 2.45) is 0 Å². The summed E-state index contributed by atoms with van der Waals surface area (Å²) in [5, 5.41) is 0. The van der Waals surface area contributed by atoms with Gasteiger partial charge in [-0.2, -0.15) is 0 Å². The Labute approximate surface area is 130 Å². The normalized spacial score (nSPS) is 12.4. The molecule has 0 saturated carbocycles. The molecule has 1 nitrogen and oxygen atoms in total. The number of rotatable bonds is 3. The van der Waals surface area contributed by atoms with E-state index in [0.29, 0.717) is 5.47 Å². The van der Waals surface area contributed by atoms with Gasteiger partial charge in [-0.25, -0.2) is 20.1 Å². The Morgan fingerprint density at radius 3 is 1.68 bits per heavy atom. The van der Waals surface area contributed by atoms with Gasteiger partial charge in [-0.15, -0.1) is 0 Å². The third-order valence-electron chi connectivity index (χ3n) is 2.98. The van der Waals surface area contributed by atoms with Gasteiger partial charge >= 0.3 is 12.3 Å². The molecular weight excluding hydrogens is 294 g/mol. The van der Waals surface area contributed by atoms with Gasteiger partial charge in [-0.3, -0.25) is 0 Å². The summed E-state index contributed by atoms with van der Waals surface area (Å²) in [5.74, 6) is 0.960. The standard InChI is InChI=1S/C15H23O.Al.2ClH/c1-14(2,3)11-9-8-10-12(13(11)16-7)15(4,5)6;;;/h8-10H,7H2,1-6H3;;2*1H/q;+2;;/p-2. The molecule has 0 aliphatic carbocycles. The first-order valence-corrected chi connectivity index (χ1v) is 10.9. The van der Waals surface area contributed by atoms with Crippen molar-refractivity contribution < 1.29 is 4.74 Å². The minimum absolute atomic E-state index is 0.0340. The molecule has 1 aromatic carbocycles. The molecule has 0 heterocycles. The van der Waals surface area contributed by atoms with Crippen molar-refractivity contribution in [1.29, 1.82) is 0 Å². The van der Waals surface area contributed by atoms with Gasteiger partial charge in [0.1, 0.15) is 5.75 Å². The SMILES string of the molecule is CC(C)(C)c1cccc(C(C)(C)C)c1O[CH2][Al]([Cl])[Cl]. The van der Waals surface area contributed by atoms with E-state index in [1.165, 1.54) is 11.1 Å². The second kappa shape index (κ2) is 6.27. The van der Waals surface area contributed by atoms with Crippen molar-refractivity contribution in [3.8, 4) is 5.75 Å². The van der Waals surface area contributed by atoms with E-state index in [9.17, 15) is 0 Å². The lowest BCUT2D eigenvalue weighted by atomic mass is 9.79. The molecule has 4 heteroatoms. The summed E-state index contributed by atoms with van der Waals surface area (Å²) in [6.45, 7) is 13.2. The molecule has 0 fully saturated rings. The van der Waals surface area contributed by atoms with Crippen LogP contribution in [0, 0.1) is 0 Å². The van der Waals surface area contributed by atoms with Crippen LogP contribution in [0.5, 0.6) is 5.75 Å². The molecular formula is C15H23AlCl2O. The van der Waals surface area contributed by atoms with Gasteiger partial charge in [0.2, 0.25) is 0 Å². The fourth-order valence-electron chi connectivity index (χ4n) is 2.02. The van der Waals surface area contributed by atoms with Crippen LogP contribution < -0.4 is 4.74 Å². The van der Waals surface area contributed by atoms with Crippen LogP contribution in [0.25, 0.3) is 0 Å².